The van der Waals surface area contributed by atoms with E-state index in [1.165, 1.54) is 6.42 Å². The van der Waals surface area contributed by atoms with Crippen LogP contribution in [0.2, 0.25) is 0 Å². The van der Waals surface area contributed by atoms with Gasteiger partial charge in [-0.3, -0.25) is 0 Å². The first-order valence-corrected chi connectivity index (χ1v) is 5.07. The van der Waals surface area contributed by atoms with Gasteiger partial charge in [0.2, 0.25) is 0 Å². The van der Waals surface area contributed by atoms with E-state index >= 15 is 0 Å². The second-order valence-corrected chi connectivity index (χ2v) is 3.75. The van der Waals surface area contributed by atoms with Gasteiger partial charge in [-0.2, -0.15) is 0 Å². The average Bonchev–Trinajstić information content (AvgIpc) is 2.96. The molecule has 1 saturated carbocycles. The van der Waals surface area contributed by atoms with Crippen molar-refractivity contribution in [3.8, 4) is 11.8 Å². The molecule has 0 radical (unpaired) electrons. The quantitative estimate of drug-likeness (QED) is 0.701. The van der Waals surface area contributed by atoms with Crippen LogP contribution >= 0.6 is 0 Å². The van der Waals surface area contributed by atoms with E-state index in [1.807, 2.05) is 30.3 Å². The van der Waals surface area contributed by atoms with Crippen LogP contribution in [0.1, 0.15) is 18.4 Å². The van der Waals surface area contributed by atoms with Crippen LogP contribution in [0.5, 0.6) is 0 Å². The monoisotopic (exact) mass is 186 g/mol. The minimum Gasteiger partial charge on any atom is -0.396 e. The van der Waals surface area contributed by atoms with Gasteiger partial charge in [0.15, 0.2) is 0 Å². The number of hydrogen-bond acceptors (Lipinski definition) is 1. The Bertz CT molecular complexity index is 344. The van der Waals surface area contributed by atoms with Crippen molar-refractivity contribution in [3.05, 3.63) is 35.9 Å². The summed E-state index contributed by atoms with van der Waals surface area (Å²) in [6.45, 7) is 0.300. The van der Waals surface area contributed by atoms with Gasteiger partial charge in [0.1, 0.15) is 0 Å². The average molecular weight is 186 g/mol. The first kappa shape index (κ1) is 9.30. The summed E-state index contributed by atoms with van der Waals surface area (Å²) in [6.07, 6.45) is 2.08. The molecule has 72 valence electrons. The maximum absolute atomic E-state index is 8.73. The zero-order chi connectivity index (χ0) is 9.80. The van der Waals surface area contributed by atoms with Gasteiger partial charge in [0, 0.05) is 18.1 Å². The molecule has 0 bridgehead atoms. The number of rotatable bonds is 2. The zero-order valence-corrected chi connectivity index (χ0v) is 8.11. The topological polar surface area (TPSA) is 20.2 Å². The minimum absolute atomic E-state index is 0.300. The Hall–Kier alpha value is -1.26. The van der Waals surface area contributed by atoms with Crippen LogP contribution < -0.4 is 0 Å². The van der Waals surface area contributed by atoms with Crippen molar-refractivity contribution >= 4 is 0 Å². The van der Waals surface area contributed by atoms with Gasteiger partial charge in [-0.05, 0) is 30.9 Å². The van der Waals surface area contributed by atoms with Crippen LogP contribution in [0.15, 0.2) is 30.3 Å². The molecule has 1 heteroatoms. The Morgan fingerprint density at radius 2 is 2.07 bits per heavy atom. The normalized spacial score (nSPS) is 23.8. The summed E-state index contributed by atoms with van der Waals surface area (Å²) in [5, 5.41) is 8.73. The molecule has 1 N–H and O–H groups in total. The third kappa shape index (κ3) is 2.37. The second-order valence-electron chi connectivity index (χ2n) is 3.75. The van der Waals surface area contributed by atoms with Crippen molar-refractivity contribution in [2.24, 2.45) is 11.8 Å². The molecule has 0 saturated heterocycles. The van der Waals surface area contributed by atoms with Gasteiger partial charge >= 0.3 is 0 Å². The fourth-order valence-electron chi connectivity index (χ4n) is 1.61. The Morgan fingerprint density at radius 3 is 2.79 bits per heavy atom. The molecule has 1 nitrogen and oxygen atoms in total. The standard InChI is InChI=1S/C13H14O/c14-9-8-13-10-12(13)7-6-11-4-2-1-3-5-11/h1-5,12-14H,8-10H2/t12-,13+/m1/s1. The van der Waals surface area contributed by atoms with Crippen LogP contribution in [-0.2, 0) is 0 Å². The van der Waals surface area contributed by atoms with Crippen LogP contribution in [0, 0.1) is 23.7 Å². The molecule has 0 aromatic heterocycles. The first-order chi connectivity index (χ1) is 6.90. The molecule has 1 fully saturated rings. The first-order valence-electron chi connectivity index (χ1n) is 5.07. The van der Waals surface area contributed by atoms with Gasteiger partial charge in [-0.25, -0.2) is 0 Å². The Balaban J connectivity index is 1.90. The molecule has 0 heterocycles. The van der Waals surface area contributed by atoms with E-state index in [2.05, 4.69) is 11.8 Å². The molecule has 0 unspecified atom stereocenters. The molecule has 0 amide bonds. The number of hydrogen-bond donors (Lipinski definition) is 1. The zero-order valence-electron chi connectivity index (χ0n) is 8.11. The lowest BCUT2D eigenvalue weighted by Crippen LogP contribution is -1.85. The second kappa shape index (κ2) is 4.30. The minimum atomic E-state index is 0.300. The lowest BCUT2D eigenvalue weighted by atomic mass is 10.2. The SMILES string of the molecule is OCC[C@H]1C[C@H]1C#Cc1ccccc1. The molecular formula is C13H14O. The fraction of sp³-hybridized carbons (Fsp3) is 0.385. The summed E-state index contributed by atoms with van der Waals surface area (Å²) in [5.74, 6) is 7.59. The number of aliphatic hydroxyl groups excluding tert-OH is 1. The number of aliphatic hydroxyl groups is 1. The van der Waals surface area contributed by atoms with E-state index in [1.54, 1.807) is 0 Å². The van der Waals surface area contributed by atoms with E-state index in [0.717, 1.165) is 12.0 Å². The Kier molecular flexibility index (Phi) is 2.86. The molecule has 2 atom stereocenters. The molecule has 0 spiro atoms. The highest BCUT2D eigenvalue weighted by Crippen LogP contribution is 2.40. The number of benzene rings is 1. The van der Waals surface area contributed by atoms with E-state index in [4.69, 9.17) is 5.11 Å². The maximum Gasteiger partial charge on any atom is 0.0434 e. The molecule has 14 heavy (non-hydrogen) atoms. The molecule has 1 aliphatic rings. The maximum atomic E-state index is 8.73. The Labute approximate surface area is 84.8 Å². The molecule has 1 aromatic rings. The highest BCUT2D eigenvalue weighted by molar-refractivity contribution is 5.35. The van der Waals surface area contributed by atoms with Crippen molar-refractivity contribution < 1.29 is 5.11 Å². The van der Waals surface area contributed by atoms with E-state index in [0.29, 0.717) is 18.4 Å². The van der Waals surface area contributed by atoms with Gasteiger partial charge in [-0.1, -0.05) is 30.0 Å². The molecule has 1 aliphatic carbocycles. The molecular weight excluding hydrogens is 172 g/mol. The summed E-state index contributed by atoms with van der Waals surface area (Å²) in [6, 6.07) is 10.0. The largest absolute Gasteiger partial charge is 0.396 e. The van der Waals surface area contributed by atoms with Gasteiger partial charge in [0.25, 0.3) is 0 Å². The predicted molar refractivity (Wildman–Crippen MR) is 56.6 cm³/mol. The van der Waals surface area contributed by atoms with E-state index < -0.39 is 0 Å². The van der Waals surface area contributed by atoms with Crippen molar-refractivity contribution in [1.29, 1.82) is 0 Å². The fourth-order valence-corrected chi connectivity index (χ4v) is 1.61. The molecule has 2 rings (SSSR count). The summed E-state index contributed by atoms with van der Waals surface area (Å²) >= 11 is 0. The van der Waals surface area contributed by atoms with Crippen LogP contribution in [0.25, 0.3) is 0 Å². The van der Waals surface area contributed by atoms with Crippen LogP contribution in [0.4, 0.5) is 0 Å². The highest BCUT2D eigenvalue weighted by atomic mass is 16.3. The highest BCUT2D eigenvalue weighted by Gasteiger charge is 2.34. The van der Waals surface area contributed by atoms with Gasteiger partial charge < -0.3 is 5.11 Å². The summed E-state index contributed by atoms with van der Waals surface area (Å²) < 4.78 is 0. The van der Waals surface area contributed by atoms with Gasteiger partial charge in [-0.15, -0.1) is 0 Å². The molecule has 1 aromatic carbocycles. The van der Waals surface area contributed by atoms with Crippen molar-refractivity contribution in [2.75, 3.05) is 6.61 Å². The lowest BCUT2D eigenvalue weighted by Gasteiger charge is -1.88. The summed E-state index contributed by atoms with van der Waals surface area (Å²) in [5.41, 5.74) is 1.09. The van der Waals surface area contributed by atoms with Crippen LogP contribution in [-0.4, -0.2) is 11.7 Å². The third-order valence-corrected chi connectivity index (χ3v) is 2.60. The third-order valence-electron chi connectivity index (χ3n) is 2.60. The summed E-state index contributed by atoms with van der Waals surface area (Å²) in [7, 11) is 0. The van der Waals surface area contributed by atoms with E-state index in [-0.39, 0.29) is 0 Å². The molecule has 0 aliphatic heterocycles. The van der Waals surface area contributed by atoms with Gasteiger partial charge in [0.05, 0.1) is 0 Å². The van der Waals surface area contributed by atoms with Crippen molar-refractivity contribution in [2.45, 2.75) is 12.8 Å². The van der Waals surface area contributed by atoms with Crippen molar-refractivity contribution in [1.82, 2.24) is 0 Å². The van der Waals surface area contributed by atoms with Crippen LogP contribution in [0.3, 0.4) is 0 Å². The lowest BCUT2D eigenvalue weighted by molar-refractivity contribution is 0.278. The Morgan fingerprint density at radius 1 is 1.29 bits per heavy atom. The van der Waals surface area contributed by atoms with E-state index in [9.17, 15) is 0 Å². The smallest absolute Gasteiger partial charge is 0.0434 e. The van der Waals surface area contributed by atoms with Crippen molar-refractivity contribution in [3.63, 3.8) is 0 Å². The summed E-state index contributed by atoms with van der Waals surface area (Å²) in [4.78, 5) is 0. The predicted octanol–water partition coefficient (Wildman–Crippen LogP) is 2.06.